The fraction of sp³-hybridized carbons (Fsp3) is 0.125. The third kappa shape index (κ3) is 3.77. The molecule has 0 bridgehead atoms. The molecule has 3 heteroatoms. The molecule has 0 aliphatic carbocycles. The van der Waals surface area contributed by atoms with Crippen molar-refractivity contribution >= 4 is 0 Å². The van der Waals surface area contributed by atoms with E-state index in [0.29, 0.717) is 6.61 Å². The first-order valence-electron chi connectivity index (χ1n) is 9.07. The van der Waals surface area contributed by atoms with Gasteiger partial charge in [0.25, 0.3) is 0 Å². The summed E-state index contributed by atoms with van der Waals surface area (Å²) < 4.78 is 8.06. The molecule has 4 aromatic rings. The van der Waals surface area contributed by atoms with E-state index in [9.17, 15) is 0 Å². The molecule has 3 aromatic carbocycles. The van der Waals surface area contributed by atoms with Gasteiger partial charge in [0.2, 0.25) is 0 Å². The van der Waals surface area contributed by atoms with Crippen LogP contribution in [0.4, 0.5) is 0 Å². The van der Waals surface area contributed by atoms with Crippen LogP contribution in [0.5, 0.6) is 5.75 Å². The summed E-state index contributed by atoms with van der Waals surface area (Å²) in [5.74, 6) is 1.87. The smallest absolute Gasteiger partial charge is 0.140 e. The van der Waals surface area contributed by atoms with E-state index in [-0.39, 0.29) is 0 Å². The first-order chi connectivity index (χ1) is 13.2. The maximum atomic E-state index is 5.99. The molecule has 0 saturated heterocycles. The van der Waals surface area contributed by atoms with E-state index in [1.807, 2.05) is 49.5 Å². The average molecular weight is 354 g/mol. The number of imidazole rings is 1. The van der Waals surface area contributed by atoms with Crippen LogP contribution in [0.2, 0.25) is 0 Å². The lowest BCUT2D eigenvalue weighted by Gasteiger charge is -2.10. The van der Waals surface area contributed by atoms with Crippen molar-refractivity contribution in [3.63, 3.8) is 0 Å². The lowest BCUT2D eigenvalue weighted by molar-refractivity contribution is 0.304. The number of benzene rings is 3. The standard InChI is InChI=1S/C24H22N2O/c1-18-15-21(13-14-23(18)27-17-19-9-5-3-6-10-19)22-16-26(2)24(25-22)20-11-7-4-8-12-20/h3-16H,17H2,1-2H3. The minimum atomic E-state index is 0.572. The number of nitrogens with zero attached hydrogens (tertiary/aromatic N) is 2. The first kappa shape index (κ1) is 17.1. The molecule has 0 atom stereocenters. The molecule has 0 fully saturated rings. The Hall–Kier alpha value is -3.33. The Morgan fingerprint density at radius 2 is 1.56 bits per heavy atom. The summed E-state index contributed by atoms with van der Waals surface area (Å²) in [4.78, 5) is 4.84. The Morgan fingerprint density at radius 3 is 2.26 bits per heavy atom. The van der Waals surface area contributed by atoms with Gasteiger partial charge in [-0.25, -0.2) is 4.98 Å². The molecule has 1 heterocycles. The zero-order valence-electron chi connectivity index (χ0n) is 15.6. The van der Waals surface area contributed by atoms with Gasteiger partial charge in [0.15, 0.2) is 0 Å². The average Bonchev–Trinajstić information content (AvgIpc) is 3.10. The lowest BCUT2D eigenvalue weighted by Crippen LogP contribution is -1.97. The summed E-state index contributed by atoms with van der Waals surface area (Å²) in [5, 5.41) is 0. The molecule has 27 heavy (non-hydrogen) atoms. The van der Waals surface area contributed by atoms with Crippen LogP contribution in [0, 0.1) is 6.92 Å². The quantitative estimate of drug-likeness (QED) is 0.464. The van der Waals surface area contributed by atoms with Gasteiger partial charge in [0.1, 0.15) is 18.2 Å². The molecule has 0 N–H and O–H groups in total. The van der Waals surface area contributed by atoms with E-state index in [2.05, 4.69) is 54.1 Å². The second-order valence-corrected chi connectivity index (χ2v) is 6.68. The third-order valence-electron chi connectivity index (χ3n) is 4.62. The molecule has 4 rings (SSSR count). The van der Waals surface area contributed by atoms with Crippen LogP contribution < -0.4 is 4.74 Å². The van der Waals surface area contributed by atoms with Gasteiger partial charge in [-0.15, -0.1) is 0 Å². The van der Waals surface area contributed by atoms with E-state index in [0.717, 1.165) is 34.0 Å². The highest BCUT2D eigenvalue weighted by molar-refractivity contribution is 5.66. The monoisotopic (exact) mass is 354 g/mol. The van der Waals surface area contributed by atoms with E-state index >= 15 is 0 Å². The number of hydrogen-bond acceptors (Lipinski definition) is 2. The Bertz CT molecular complexity index is 1040. The number of hydrogen-bond donors (Lipinski definition) is 0. The van der Waals surface area contributed by atoms with Crippen LogP contribution in [0.15, 0.2) is 85.1 Å². The summed E-state index contributed by atoms with van der Waals surface area (Å²) in [6.07, 6.45) is 2.07. The molecule has 0 spiro atoms. The maximum absolute atomic E-state index is 5.99. The van der Waals surface area contributed by atoms with Gasteiger partial charge in [0.05, 0.1) is 5.69 Å². The van der Waals surface area contributed by atoms with Crippen molar-refractivity contribution in [1.82, 2.24) is 9.55 Å². The third-order valence-corrected chi connectivity index (χ3v) is 4.62. The van der Waals surface area contributed by atoms with Crippen molar-refractivity contribution in [2.45, 2.75) is 13.5 Å². The number of ether oxygens (including phenoxy) is 1. The minimum Gasteiger partial charge on any atom is -0.489 e. The molecule has 0 radical (unpaired) electrons. The van der Waals surface area contributed by atoms with Crippen molar-refractivity contribution in [3.8, 4) is 28.4 Å². The van der Waals surface area contributed by atoms with Crippen LogP contribution in [0.3, 0.4) is 0 Å². The van der Waals surface area contributed by atoms with E-state index in [1.165, 1.54) is 5.56 Å². The predicted octanol–water partition coefficient (Wildman–Crippen LogP) is 5.64. The molecule has 134 valence electrons. The Kier molecular flexibility index (Phi) is 4.75. The highest BCUT2D eigenvalue weighted by atomic mass is 16.5. The fourth-order valence-corrected chi connectivity index (χ4v) is 3.17. The summed E-state index contributed by atoms with van der Waals surface area (Å²) in [6, 6.07) is 26.7. The Balaban J connectivity index is 1.56. The molecule has 1 aromatic heterocycles. The van der Waals surface area contributed by atoms with Gasteiger partial charge in [0, 0.05) is 24.4 Å². The molecule has 0 saturated carbocycles. The van der Waals surface area contributed by atoms with Gasteiger partial charge in [-0.3, -0.25) is 0 Å². The largest absolute Gasteiger partial charge is 0.489 e. The van der Waals surface area contributed by atoms with Crippen LogP contribution >= 0.6 is 0 Å². The Morgan fingerprint density at radius 1 is 0.852 bits per heavy atom. The number of aryl methyl sites for hydroxylation is 2. The molecular weight excluding hydrogens is 332 g/mol. The molecule has 0 aliphatic heterocycles. The summed E-state index contributed by atoms with van der Waals surface area (Å²) >= 11 is 0. The summed E-state index contributed by atoms with van der Waals surface area (Å²) in [7, 11) is 2.03. The van der Waals surface area contributed by atoms with E-state index in [1.54, 1.807) is 0 Å². The van der Waals surface area contributed by atoms with Gasteiger partial charge in [-0.05, 0) is 36.2 Å². The second kappa shape index (κ2) is 7.50. The number of aromatic nitrogens is 2. The Labute approximate surface area is 159 Å². The molecular formula is C24H22N2O. The molecule has 0 aliphatic rings. The zero-order valence-corrected chi connectivity index (χ0v) is 15.6. The summed E-state index contributed by atoms with van der Waals surface area (Å²) in [5.41, 5.74) is 5.45. The fourth-order valence-electron chi connectivity index (χ4n) is 3.17. The molecule has 0 amide bonds. The van der Waals surface area contributed by atoms with E-state index in [4.69, 9.17) is 9.72 Å². The van der Waals surface area contributed by atoms with Gasteiger partial charge >= 0.3 is 0 Å². The zero-order chi connectivity index (χ0) is 18.6. The molecule has 0 unspecified atom stereocenters. The van der Waals surface area contributed by atoms with Crippen molar-refractivity contribution in [2.24, 2.45) is 7.05 Å². The van der Waals surface area contributed by atoms with Crippen molar-refractivity contribution in [2.75, 3.05) is 0 Å². The van der Waals surface area contributed by atoms with Gasteiger partial charge in [-0.2, -0.15) is 0 Å². The maximum Gasteiger partial charge on any atom is 0.140 e. The van der Waals surface area contributed by atoms with Crippen molar-refractivity contribution < 1.29 is 4.74 Å². The first-order valence-corrected chi connectivity index (χ1v) is 9.07. The van der Waals surface area contributed by atoms with Crippen molar-refractivity contribution in [1.29, 1.82) is 0 Å². The topological polar surface area (TPSA) is 27.1 Å². The SMILES string of the molecule is Cc1cc(-c2cn(C)c(-c3ccccc3)n2)ccc1OCc1ccccc1. The van der Waals surface area contributed by atoms with Crippen LogP contribution in [0.25, 0.3) is 22.6 Å². The number of rotatable bonds is 5. The van der Waals surface area contributed by atoms with E-state index < -0.39 is 0 Å². The predicted molar refractivity (Wildman–Crippen MR) is 110 cm³/mol. The highest BCUT2D eigenvalue weighted by Gasteiger charge is 2.10. The normalized spacial score (nSPS) is 10.7. The van der Waals surface area contributed by atoms with Gasteiger partial charge in [-0.1, -0.05) is 60.7 Å². The van der Waals surface area contributed by atoms with Crippen LogP contribution in [0.1, 0.15) is 11.1 Å². The minimum absolute atomic E-state index is 0.572. The van der Waals surface area contributed by atoms with Crippen molar-refractivity contribution in [3.05, 3.63) is 96.2 Å². The highest BCUT2D eigenvalue weighted by Crippen LogP contribution is 2.28. The van der Waals surface area contributed by atoms with Gasteiger partial charge < -0.3 is 9.30 Å². The van der Waals surface area contributed by atoms with Crippen LogP contribution in [-0.2, 0) is 13.7 Å². The molecule has 3 nitrogen and oxygen atoms in total. The summed E-state index contributed by atoms with van der Waals surface area (Å²) in [6.45, 7) is 2.65. The van der Waals surface area contributed by atoms with Crippen LogP contribution in [-0.4, -0.2) is 9.55 Å². The lowest BCUT2D eigenvalue weighted by atomic mass is 10.1. The second-order valence-electron chi connectivity index (χ2n) is 6.68.